The van der Waals surface area contributed by atoms with E-state index in [0.29, 0.717) is 39.7 Å². The molecule has 1 aromatic heterocycles. The molecule has 0 radical (unpaired) electrons. The molecule has 0 saturated carbocycles. The Morgan fingerprint density at radius 2 is 2.16 bits per heavy atom. The third kappa shape index (κ3) is 5.09. The van der Waals surface area contributed by atoms with Crippen LogP contribution in [0, 0.1) is 11.3 Å². The van der Waals surface area contributed by atoms with Crippen LogP contribution in [0.2, 0.25) is 0 Å². The van der Waals surface area contributed by atoms with E-state index in [2.05, 4.69) is 26.2 Å². The van der Waals surface area contributed by atoms with Crippen molar-refractivity contribution in [2.45, 2.75) is 6.92 Å². The normalized spacial score (nSPS) is 9.84. The van der Waals surface area contributed by atoms with Crippen LogP contribution in [0.3, 0.4) is 0 Å². The van der Waals surface area contributed by atoms with Gasteiger partial charge in [-0.1, -0.05) is 0 Å². The molecule has 1 amide bonds. The Morgan fingerprint density at radius 1 is 1.36 bits per heavy atom. The van der Waals surface area contributed by atoms with Crippen LogP contribution in [0.15, 0.2) is 34.9 Å². The Hall–Kier alpha value is -2.79. The number of carbonyl (C=O) groups is 1. The Kier molecular flexibility index (Phi) is 6.60. The van der Waals surface area contributed by atoms with Crippen LogP contribution >= 0.6 is 15.9 Å². The number of methoxy groups -OCH3 is 1. The highest BCUT2D eigenvalue weighted by Crippen LogP contribution is 2.36. The van der Waals surface area contributed by atoms with Gasteiger partial charge < -0.3 is 19.5 Å². The minimum Gasteiger partial charge on any atom is -0.490 e. The molecule has 8 heteroatoms. The van der Waals surface area contributed by atoms with Gasteiger partial charge in [0.1, 0.15) is 0 Å². The third-order valence-corrected chi connectivity index (χ3v) is 3.60. The second kappa shape index (κ2) is 8.89. The van der Waals surface area contributed by atoms with Gasteiger partial charge in [-0.3, -0.25) is 4.79 Å². The number of hydrogen-bond acceptors (Lipinski definition) is 6. The first-order chi connectivity index (χ1) is 12.1. The maximum atomic E-state index is 12.0. The first-order valence-corrected chi connectivity index (χ1v) is 8.15. The number of halogens is 1. The standard InChI is InChI=1S/C17H16BrN3O4/c1-3-24-14-7-11(8-19)6-13(18)17(14)25-10-15(22)21-12-4-5-16(23-2)20-9-12/h4-7,9H,3,10H2,1-2H3,(H,21,22). The van der Waals surface area contributed by atoms with E-state index in [0.717, 1.165) is 0 Å². The number of nitriles is 1. The van der Waals surface area contributed by atoms with Gasteiger partial charge in [-0.15, -0.1) is 0 Å². The zero-order valence-electron chi connectivity index (χ0n) is 13.7. The molecule has 0 unspecified atom stereocenters. The average molecular weight is 406 g/mol. The summed E-state index contributed by atoms with van der Waals surface area (Å²) in [5, 5.41) is 11.7. The second-order valence-electron chi connectivity index (χ2n) is 4.76. The van der Waals surface area contributed by atoms with Crippen molar-refractivity contribution in [3.8, 4) is 23.4 Å². The Balaban J connectivity index is 2.04. The van der Waals surface area contributed by atoms with E-state index < -0.39 is 0 Å². The summed E-state index contributed by atoms with van der Waals surface area (Å²) in [5.41, 5.74) is 0.953. The predicted molar refractivity (Wildman–Crippen MR) is 94.9 cm³/mol. The third-order valence-electron chi connectivity index (χ3n) is 3.02. The molecule has 0 fully saturated rings. The highest BCUT2D eigenvalue weighted by atomic mass is 79.9. The number of aromatic nitrogens is 1. The van der Waals surface area contributed by atoms with Gasteiger partial charge in [0.25, 0.3) is 5.91 Å². The number of carbonyl (C=O) groups excluding carboxylic acids is 1. The number of hydrogen-bond donors (Lipinski definition) is 1. The summed E-state index contributed by atoms with van der Waals surface area (Å²) in [6.45, 7) is 2.00. The van der Waals surface area contributed by atoms with Crippen LogP contribution in [0.25, 0.3) is 0 Å². The molecule has 0 aliphatic carbocycles. The summed E-state index contributed by atoms with van der Waals surface area (Å²) < 4.78 is 16.5. The molecule has 0 saturated heterocycles. The Morgan fingerprint density at radius 3 is 2.76 bits per heavy atom. The van der Waals surface area contributed by atoms with Crippen LogP contribution in [-0.2, 0) is 4.79 Å². The van der Waals surface area contributed by atoms with Crippen molar-refractivity contribution >= 4 is 27.5 Å². The van der Waals surface area contributed by atoms with Crippen molar-refractivity contribution in [1.82, 2.24) is 4.98 Å². The summed E-state index contributed by atoms with van der Waals surface area (Å²) in [6.07, 6.45) is 1.49. The molecule has 0 spiro atoms. The molecule has 0 aliphatic heterocycles. The van der Waals surface area contributed by atoms with Gasteiger partial charge in [0.05, 0.1) is 41.7 Å². The van der Waals surface area contributed by atoms with E-state index in [1.807, 2.05) is 13.0 Å². The minimum absolute atomic E-state index is 0.226. The van der Waals surface area contributed by atoms with E-state index in [-0.39, 0.29) is 12.5 Å². The van der Waals surface area contributed by atoms with Gasteiger partial charge in [-0.25, -0.2) is 4.98 Å². The van der Waals surface area contributed by atoms with Gasteiger partial charge in [0.2, 0.25) is 5.88 Å². The lowest BCUT2D eigenvalue weighted by molar-refractivity contribution is -0.118. The number of rotatable bonds is 7. The van der Waals surface area contributed by atoms with Gasteiger partial charge >= 0.3 is 0 Å². The zero-order valence-corrected chi connectivity index (χ0v) is 15.3. The number of anilines is 1. The predicted octanol–water partition coefficient (Wildman–Crippen LogP) is 3.14. The van der Waals surface area contributed by atoms with Crippen molar-refractivity contribution in [2.75, 3.05) is 25.6 Å². The van der Waals surface area contributed by atoms with E-state index in [9.17, 15) is 4.79 Å². The average Bonchev–Trinajstić information content (AvgIpc) is 2.61. The van der Waals surface area contributed by atoms with Crippen LogP contribution < -0.4 is 19.5 Å². The number of nitrogens with zero attached hydrogens (tertiary/aromatic N) is 2. The number of nitrogens with one attached hydrogen (secondary N) is 1. The summed E-state index contributed by atoms with van der Waals surface area (Å²) in [4.78, 5) is 16.0. The van der Waals surface area contributed by atoms with Gasteiger partial charge in [0.15, 0.2) is 18.1 Å². The van der Waals surface area contributed by atoms with Crippen molar-refractivity contribution < 1.29 is 19.0 Å². The summed E-state index contributed by atoms with van der Waals surface area (Å²) in [7, 11) is 1.51. The molecule has 0 atom stereocenters. The molecule has 1 N–H and O–H groups in total. The molecule has 2 rings (SSSR count). The molecule has 1 heterocycles. The lowest BCUT2D eigenvalue weighted by atomic mass is 10.2. The lowest BCUT2D eigenvalue weighted by Crippen LogP contribution is -2.20. The molecular formula is C17H16BrN3O4. The molecule has 1 aromatic carbocycles. The van der Waals surface area contributed by atoms with Crippen molar-refractivity contribution in [2.24, 2.45) is 0 Å². The number of amides is 1. The number of pyridine rings is 1. The molecule has 7 nitrogen and oxygen atoms in total. The molecule has 0 bridgehead atoms. The van der Waals surface area contributed by atoms with E-state index in [1.54, 1.807) is 24.3 Å². The molecular weight excluding hydrogens is 390 g/mol. The monoisotopic (exact) mass is 405 g/mol. The smallest absolute Gasteiger partial charge is 0.262 e. The highest BCUT2D eigenvalue weighted by molar-refractivity contribution is 9.10. The van der Waals surface area contributed by atoms with Crippen molar-refractivity contribution in [3.05, 3.63) is 40.5 Å². The summed E-state index contributed by atoms with van der Waals surface area (Å²) in [6, 6.07) is 8.52. The Bertz CT molecular complexity index is 788. The fourth-order valence-electron chi connectivity index (χ4n) is 1.95. The van der Waals surface area contributed by atoms with Crippen LogP contribution in [-0.4, -0.2) is 31.2 Å². The highest BCUT2D eigenvalue weighted by Gasteiger charge is 2.14. The van der Waals surface area contributed by atoms with E-state index in [1.165, 1.54) is 13.3 Å². The maximum Gasteiger partial charge on any atom is 0.262 e. The second-order valence-corrected chi connectivity index (χ2v) is 5.61. The summed E-state index contributed by atoms with van der Waals surface area (Å²) in [5.74, 6) is 0.860. The number of ether oxygens (including phenoxy) is 3. The fourth-order valence-corrected chi connectivity index (χ4v) is 2.50. The Labute approximate surface area is 153 Å². The van der Waals surface area contributed by atoms with E-state index in [4.69, 9.17) is 19.5 Å². The van der Waals surface area contributed by atoms with Gasteiger partial charge in [-0.05, 0) is 35.0 Å². The fraction of sp³-hybridized carbons (Fsp3) is 0.235. The van der Waals surface area contributed by atoms with Crippen LogP contribution in [0.4, 0.5) is 5.69 Å². The van der Waals surface area contributed by atoms with Crippen LogP contribution in [0.1, 0.15) is 12.5 Å². The van der Waals surface area contributed by atoms with Gasteiger partial charge in [-0.2, -0.15) is 5.26 Å². The quantitative estimate of drug-likeness (QED) is 0.760. The van der Waals surface area contributed by atoms with E-state index >= 15 is 0 Å². The number of benzene rings is 1. The molecule has 0 aliphatic rings. The van der Waals surface area contributed by atoms with Gasteiger partial charge in [0, 0.05) is 12.1 Å². The lowest BCUT2D eigenvalue weighted by Gasteiger charge is -2.14. The van der Waals surface area contributed by atoms with Crippen molar-refractivity contribution in [3.63, 3.8) is 0 Å². The molecule has 130 valence electrons. The molecule has 2 aromatic rings. The molecule has 25 heavy (non-hydrogen) atoms. The maximum absolute atomic E-state index is 12.0. The first kappa shape index (κ1) is 18.5. The largest absolute Gasteiger partial charge is 0.490 e. The topological polar surface area (TPSA) is 93.5 Å². The zero-order chi connectivity index (χ0) is 18.2. The van der Waals surface area contributed by atoms with Crippen molar-refractivity contribution in [1.29, 1.82) is 5.26 Å². The SMILES string of the molecule is CCOc1cc(C#N)cc(Br)c1OCC(=O)Nc1ccc(OC)nc1. The minimum atomic E-state index is -0.356. The first-order valence-electron chi connectivity index (χ1n) is 7.36. The summed E-state index contributed by atoms with van der Waals surface area (Å²) >= 11 is 3.33. The van der Waals surface area contributed by atoms with Crippen LogP contribution in [0.5, 0.6) is 17.4 Å².